The van der Waals surface area contributed by atoms with Crippen molar-refractivity contribution in [2.24, 2.45) is 0 Å². The average molecular weight is 507 g/mol. The quantitative estimate of drug-likeness (QED) is 0.254. The number of nitrogens with zero attached hydrogens (tertiary/aromatic N) is 4. The maximum Gasteiger partial charge on any atom is 0.295 e. The highest BCUT2D eigenvalue weighted by atomic mass is 16.5. The molecule has 4 rings (SSSR count). The second-order valence-electron chi connectivity index (χ2n) is 8.84. The Kier molecular flexibility index (Phi) is 7.83. The number of methoxy groups -OCH3 is 1. The number of carbonyl (C=O) groups is 2. The van der Waals surface area contributed by atoms with E-state index in [1.165, 1.54) is 0 Å². The molecule has 1 fully saturated rings. The maximum absolute atomic E-state index is 13.5. The number of rotatable bonds is 10. The molecule has 3 aromatic rings. The Labute approximate surface area is 216 Å². The smallest absolute Gasteiger partial charge is 0.295 e. The van der Waals surface area contributed by atoms with Gasteiger partial charge in [-0.25, -0.2) is 4.98 Å². The molecule has 1 unspecified atom stereocenters. The fraction of sp³-hybridized carbons (Fsp3) is 0.393. The minimum Gasteiger partial charge on any atom is -0.505 e. The highest BCUT2D eigenvalue weighted by molar-refractivity contribution is 6.46. The number of imidazole rings is 1. The molecule has 1 N–H and O–H groups in total. The summed E-state index contributed by atoms with van der Waals surface area (Å²) in [6.07, 6.45) is 1.77. The third kappa shape index (κ3) is 4.79. The first-order chi connectivity index (χ1) is 17.9. The number of pyridine rings is 1. The van der Waals surface area contributed by atoms with Crippen molar-refractivity contribution in [1.29, 1.82) is 0 Å². The number of benzene rings is 1. The Morgan fingerprint density at radius 1 is 1.11 bits per heavy atom. The Hall–Kier alpha value is -3.85. The van der Waals surface area contributed by atoms with Crippen LogP contribution in [0.5, 0.6) is 11.5 Å². The van der Waals surface area contributed by atoms with Gasteiger partial charge >= 0.3 is 0 Å². The van der Waals surface area contributed by atoms with Gasteiger partial charge in [-0.3, -0.25) is 14.0 Å². The minimum atomic E-state index is -0.797. The van der Waals surface area contributed by atoms with Crippen LogP contribution < -0.4 is 9.47 Å². The standard InChI is InChI=1S/C28H34N4O5/c1-6-30(7-2)15-16-32-25(19-12-13-20(37-8-3)21(17-19)36-5)23(27(34)28(32)35)26(33)24-18(4)29-22-11-9-10-14-31(22)24/h9-14,17,25,33H,6-8,15-16H2,1-5H3. The topological polar surface area (TPSA) is 96.6 Å². The number of likely N-dealkylation sites (N-methyl/N-ethyl adjacent to an activating group) is 1. The highest BCUT2D eigenvalue weighted by Crippen LogP contribution is 2.42. The van der Waals surface area contributed by atoms with Crippen molar-refractivity contribution in [1.82, 2.24) is 19.2 Å². The monoisotopic (exact) mass is 506 g/mol. The van der Waals surface area contributed by atoms with Crippen LogP contribution in [-0.4, -0.2) is 75.9 Å². The molecule has 1 aromatic carbocycles. The molecule has 0 radical (unpaired) electrons. The van der Waals surface area contributed by atoms with Crippen LogP contribution in [0.15, 0.2) is 48.2 Å². The molecule has 0 saturated carbocycles. The van der Waals surface area contributed by atoms with Gasteiger partial charge in [-0.1, -0.05) is 26.0 Å². The van der Waals surface area contributed by atoms with Gasteiger partial charge in [-0.15, -0.1) is 0 Å². The minimum absolute atomic E-state index is 0.0320. The number of ketones is 1. The molecule has 0 aliphatic carbocycles. The maximum atomic E-state index is 13.5. The van der Waals surface area contributed by atoms with Crippen LogP contribution >= 0.6 is 0 Å². The molecule has 1 amide bonds. The zero-order valence-electron chi connectivity index (χ0n) is 22.0. The summed E-state index contributed by atoms with van der Waals surface area (Å²) in [6, 6.07) is 10.0. The fourth-order valence-corrected chi connectivity index (χ4v) is 4.90. The first-order valence-corrected chi connectivity index (χ1v) is 12.6. The van der Waals surface area contributed by atoms with Crippen LogP contribution in [0.2, 0.25) is 0 Å². The highest BCUT2D eigenvalue weighted by Gasteiger charge is 2.46. The molecule has 37 heavy (non-hydrogen) atoms. The zero-order chi connectivity index (χ0) is 26.7. The summed E-state index contributed by atoms with van der Waals surface area (Å²) < 4.78 is 12.9. The van der Waals surface area contributed by atoms with E-state index in [0.717, 1.165) is 13.1 Å². The molecular formula is C28H34N4O5. The number of hydrogen-bond acceptors (Lipinski definition) is 7. The number of aryl methyl sites for hydroxylation is 1. The fourth-order valence-electron chi connectivity index (χ4n) is 4.90. The number of likely N-dealkylation sites (tertiary alicyclic amines) is 1. The van der Waals surface area contributed by atoms with Crippen LogP contribution in [0.4, 0.5) is 0 Å². The van der Waals surface area contributed by atoms with Crippen molar-refractivity contribution in [3.05, 3.63) is 65.1 Å². The molecule has 2 aromatic heterocycles. The van der Waals surface area contributed by atoms with E-state index in [-0.39, 0.29) is 11.3 Å². The van der Waals surface area contributed by atoms with E-state index in [1.54, 1.807) is 41.7 Å². The second-order valence-corrected chi connectivity index (χ2v) is 8.84. The predicted molar refractivity (Wildman–Crippen MR) is 141 cm³/mol. The number of ether oxygens (including phenoxy) is 2. The number of Topliss-reactive ketones (excluding diaryl/α,β-unsaturated/α-hetero) is 1. The van der Waals surface area contributed by atoms with Gasteiger partial charge in [-0.2, -0.15) is 0 Å². The van der Waals surface area contributed by atoms with Crippen LogP contribution in [-0.2, 0) is 9.59 Å². The van der Waals surface area contributed by atoms with E-state index in [1.807, 2.05) is 31.2 Å². The molecular weight excluding hydrogens is 472 g/mol. The van der Waals surface area contributed by atoms with E-state index in [2.05, 4.69) is 23.7 Å². The lowest BCUT2D eigenvalue weighted by molar-refractivity contribution is -0.140. The number of hydrogen-bond donors (Lipinski definition) is 1. The molecule has 196 valence electrons. The van der Waals surface area contributed by atoms with Crippen molar-refractivity contribution >= 4 is 23.1 Å². The molecule has 1 atom stereocenters. The van der Waals surface area contributed by atoms with Crippen LogP contribution in [0.3, 0.4) is 0 Å². The van der Waals surface area contributed by atoms with Crippen molar-refractivity contribution in [3.8, 4) is 11.5 Å². The summed E-state index contributed by atoms with van der Waals surface area (Å²) in [5, 5.41) is 11.6. The largest absolute Gasteiger partial charge is 0.505 e. The number of amides is 1. The number of aliphatic hydroxyl groups is 1. The summed E-state index contributed by atoms with van der Waals surface area (Å²) in [5.41, 5.74) is 2.26. The van der Waals surface area contributed by atoms with Crippen LogP contribution in [0, 0.1) is 6.92 Å². The van der Waals surface area contributed by atoms with Crippen molar-refractivity contribution in [2.75, 3.05) is 39.9 Å². The predicted octanol–water partition coefficient (Wildman–Crippen LogP) is 3.81. The molecule has 0 spiro atoms. The Balaban J connectivity index is 1.90. The van der Waals surface area contributed by atoms with E-state index >= 15 is 0 Å². The molecule has 9 heteroatoms. The van der Waals surface area contributed by atoms with E-state index in [4.69, 9.17) is 9.47 Å². The summed E-state index contributed by atoms with van der Waals surface area (Å²) in [7, 11) is 1.54. The SMILES string of the molecule is CCOc1ccc(C2C(=C(O)c3c(C)nc4ccccn34)C(=O)C(=O)N2CCN(CC)CC)cc1OC. The summed E-state index contributed by atoms with van der Waals surface area (Å²) in [5.74, 6) is -0.568. The van der Waals surface area contributed by atoms with Gasteiger partial charge in [0, 0.05) is 19.3 Å². The van der Waals surface area contributed by atoms with Gasteiger partial charge in [0.2, 0.25) is 0 Å². The lowest BCUT2D eigenvalue weighted by Gasteiger charge is -2.28. The lowest BCUT2D eigenvalue weighted by Crippen LogP contribution is -2.38. The van der Waals surface area contributed by atoms with Crippen LogP contribution in [0.25, 0.3) is 11.4 Å². The average Bonchev–Trinajstić information content (AvgIpc) is 3.37. The van der Waals surface area contributed by atoms with Gasteiger partial charge in [0.1, 0.15) is 11.3 Å². The molecule has 1 saturated heterocycles. The first kappa shape index (κ1) is 26.2. The summed E-state index contributed by atoms with van der Waals surface area (Å²) in [4.78, 5) is 35.1. The number of fused-ring (bicyclic) bond motifs is 1. The van der Waals surface area contributed by atoms with Gasteiger partial charge in [0.05, 0.1) is 31.0 Å². The van der Waals surface area contributed by atoms with Gasteiger partial charge in [0.15, 0.2) is 17.3 Å². The van der Waals surface area contributed by atoms with E-state index in [9.17, 15) is 14.7 Å². The van der Waals surface area contributed by atoms with Crippen molar-refractivity contribution < 1.29 is 24.2 Å². The van der Waals surface area contributed by atoms with Crippen molar-refractivity contribution in [3.63, 3.8) is 0 Å². The first-order valence-electron chi connectivity index (χ1n) is 12.6. The second kappa shape index (κ2) is 11.0. The number of carbonyl (C=O) groups excluding carboxylic acids is 2. The lowest BCUT2D eigenvalue weighted by atomic mass is 9.96. The Morgan fingerprint density at radius 2 is 1.86 bits per heavy atom. The van der Waals surface area contributed by atoms with Gasteiger partial charge in [-0.05, 0) is 56.8 Å². The van der Waals surface area contributed by atoms with Gasteiger partial charge < -0.3 is 24.4 Å². The zero-order valence-corrected chi connectivity index (χ0v) is 22.0. The third-order valence-corrected chi connectivity index (χ3v) is 6.82. The Bertz CT molecular complexity index is 1340. The van der Waals surface area contributed by atoms with Gasteiger partial charge in [0.25, 0.3) is 11.7 Å². The molecule has 9 nitrogen and oxygen atoms in total. The Morgan fingerprint density at radius 3 is 2.54 bits per heavy atom. The molecule has 3 heterocycles. The third-order valence-electron chi connectivity index (χ3n) is 6.82. The number of aliphatic hydroxyl groups excluding tert-OH is 1. The molecule has 1 aliphatic heterocycles. The normalized spacial score (nSPS) is 17.2. The summed E-state index contributed by atoms with van der Waals surface area (Å²) in [6.45, 7) is 10.8. The van der Waals surface area contributed by atoms with Crippen molar-refractivity contribution in [2.45, 2.75) is 33.7 Å². The van der Waals surface area contributed by atoms with Crippen LogP contribution in [0.1, 0.15) is 43.8 Å². The molecule has 0 bridgehead atoms. The summed E-state index contributed by atoms with van der Waals surface area (Å²) >= 11 is 0. The van der Waals surface area contributed by atoms with E-state index in [0.29, 0.717) is 53.8 Å². The van der Waals surface area contributed by atoms with E-state index < -0.39 is 17.7 Å². The number of aromatic nitrogens is 2. The molecule has 1 aliphatic rings.